The van der Waals surface area contributed by atoms with Crippen LogP contribution >= 0.6 is 0 Å². The van der Waals surface area contributed by atoms with E-state index in [9.17, 15) is 13.2 Å². The van der Waals surface area contributed by atoms with E-state index in [0.717, 1.165) is 11.1 Å². The van der Waals surface area contributed by atoms with Crippen LogP contribution in [0.5, 0.6) is 0 Å². The molecule has 1 fully saturated rings. The molecule has 1 aromatic carbocycles. The van der Waals surface area contributed by atoms with Crippen LogP contribution in [0.15, 0.2) is 24.3 Å². The average molecular weight is 295 g/mol. The lowest BCUT2D eigenvalue weighted by Crippen LogP contribution is -2.29. The smallest absolute Gasteiger partial charge is 0.220 e. The Balaban J connectivity index is 1.78. The van der Waals surface area contributed by atoms with Gasteiger partial charge in [-0.2, -0.15) is 0 Å². The van der Waals surface area contributed by atoms with Crippen LogP contribution < -0.4 is 5.32 Å². The molecule has 0 aromatic heterocycles. The number of amides is 1. The lowest BCUT2D eigenvalue weighted by Gasteiger charge is -2.21. The second kappa shape index (κ2) is 6.39. The lowest BCUT2D eigenvalue weighted by atomic mass is 9.98. The van der Waals surface area contributed by atoms with Crippen molar-refractivity contribution in [3.63, 3.8) is 0 Å². The summed E-state index contributed by atoms with van der Waals surface area (Å²) in [5.41, 5.74) is 2.28. The summed E-state index contributed by atoms with van der Waals surface area (Å²) >= 11 is 0. The van der Waals surface area contributed by atoms with Crippen molar-refractivity contribution in [2.24, 2.45) is 5.92 Å². The van der Waals surface area contributed by atoms with Crippen molar-refractivity contribution in [1.29, 1.82) is 0 Å². The Morgan fingerprint density at radius 1 is 1.25 bits per heavy atom. The van der Waals surface area contributed by atoms with Crippen LogP contribution in [0.25, 0.3) is 0 Å². The average Bonchev–Trinajstić information content (AvgIpc) is 2.40. The Morgan fingerprint density at radius 2 is 1.90 bits per heavy atom. The first-order valence-electron chi connectivity index (χ1n) is 6.98. The minimum Gasteiger partial charge on any atom is -0.352 e. The van der Waals surface area contributed by atoms with Gasteiger partial charge in [0.2, 0.25) is 5.91 Å². The van der Waals surface area contributed by atoms with E-state index in [2.05, 4.69) is 5.32 Å². The number of hydrogen-bond acceptors (Lipinski definition) is 3. The summed E-state index contributed by atoms with van der Waals surface area (Å²) in [6, 6.07) is 7.96. The van der Waals surface area contributed by atoms with Gasteiger partial charge in [-0.05, 0) is 36.8 Å². The molecule has 5 heteroatoms. The molecular weight excluding hydrogens is 274 g/mol. The third kappa shape index (κ3) is 4.34. The first kappa shape index (κ1) is 15.0. The largest absolute Gasteiger partial charge is 0.352 e. The van der Waals surface area contributed by atoms with Gasteiger partial charge in [-0.25, -0.2) is 8.42 Å². The van der Waals surface area contributed by atoms with E-state index in [-0.39, 0.29) is 23.3 Å². The number of sulfone groups is 1. The van der Waals surface area contributed by atoms with Gasteiger partial charge in [-0.3, -0.25) is 4.79 Å². The van der Waals surface area contributed by atoms with E-state index in [1.807, 2.05) is 31.2 Å². The van der Waals surface area contributed by atoms with Crippen LogP contribution in [0.2, 0.25) is 0 Å². The third-order valence-electron chi connectivity index (χ3n) is 3.89. The van der Waals surface area contributed by atoms with Gasteiger partial charge in [0, 0.05) is 13.0 Å². The molecule has 1 aliphatic rings. The Morgan fingerprint density at radius 3 is 2.55 bits per heavy atom. The fraction of sp³-hybridized carbons (Fsp3) is 0.533. The maximum atomic E-state index is 11.9. The zero-order valence-corrected chi connectivity index (χ0v) is 12.6. The monoisotopic (exact) mass is 295 g/mol. The molecule has 0 unspecified atom stereocenters. The molecule has 110 valence electrons. The minimum absolute atomic E-state index is 0.0116. The molecule has 0 spiro atoms. The Hall–Kier alpha value is -1.36. The molecule has 1 N–H and O–H groups in total. The first-order chi connectivity index (χ1) is 9.46. The van der Waals surface area contributed by atoms with E-state index >= 15 is 0 Å². The van der Waals surface area contributed by atoms with Crippen LogP contribution in [0.4, 0.5) is 0 Å². The van der Waals surface area contributed by atoms with Crippen LogP contribution in [0.1, 0.15) is 30.4 Å². The zero-order chi connectivity index (χ0) is 14.6. The molecule has 1 aromatic rings. The van der Waals surface area contributed by atoms with Crippen molar-refractivity contribution in [2.45, 2.75) is 32.7 Å². The van der Waals surface area contributed by atoms with Crippen molar-refractivity contribution in [1.82, 2.24) is 5.32 Å². The predicted octanol–water partition coefficient (Wildman–Crippen LogP) is 1.83. The van der Waals surface area contributed by atoms with E-state index in [4.69, 9.17) is 0 Å². The molecule has 0 bridgehead atoms. The molecule has 0 saturated carbocycles. The standard InChI is InChI=1S/C15H21NO3S/c1-12-4-2-3-5-14(12)11-16-15(17)10-13-6-8-20(18,19)9-7-13/h2-5,13H,6-11H2,1H3,(H,16,17). The van der Waals surface area contributed by atoms with Crippen LogP contribution in [-0.4, -0.2) is 25.8 Å². The second-order valence-electron chi connectivity index (χ2n) is 5.50. The quantitative estimate of drug-likeness (QED) is 0.921. The summed E-state index contributed by atoms with van der Waals surface area (Å²) in [6.07, 6.45) is 1.65. The number of aryl methyl sites for hydroxylation is 1. The molecule has 0 aliphatic carbocycles. The van der Waals surface area contributed by atoms with Crippen LogP contribution in [0, 0.1) is 12.8 Å². The van der Waals surface area contributed by atoms with Crippen LogP contribution in [0.3, 0.4) is 0 Å². The number of hydrogen-bond donors (Lipinski definition) is 1. The normalized spacial score (nSPS) is 18.6. The van der Waals surface area contributed by atoms with Gasteiger partial charge in [-0.1, -0.05) is 24.3 Å². The van der Waals surface area contributed by atoms with Gasteiger partial charge >= 0.3 is 0 Å². The molecule has 2 rings (SSSR count). The maximum absolute atomic E-state index is 11.9. The first-order valence-corrected chi connectivity index (χ1v) is 8.80. The van der Waals surface area contributed by atoms with Crippen molar-refractivity contribution in [2.75, 3.05) is 11.5 Å². The number of carbonyl (C=O) groups is 1. The van der Waals surface area contributed by atoms with Crippen molar-refractivity contribution < 1.29 is 13.2 Å². The molecule has 1 aliphatic heterocycles. The van der Waals surface area contributed by atoms with E-state index in [0.29, 0.717) is 25.8 Å². The Labute approximate surface area is 120 Å². The highest BCUT2D eigenvalue weighted by molar-refractivity contribution is 7.91. The zero-order valence-electron chi connectivity index (χ0n) is 11.8. The molecular formula is C15H21NO3S. The summed E-state index contributed by atoms with van der Waals surface area (Å²) < 4.78 is 22.7. The third-order valence-corrected chi connectivity index (χ3v) is 5.60. The Bertz CT molecular complexity index is 567. The van der Waals surface area contributed by atoms with Gasteiger partial charge in [0.15, 0.2) is 0 Å². The minimum atomic E-state index is -2.84. The van der Waals surface area contributed by atoms with Gasteiger partial charge in [0.1, 0.15) is 9.84 Å². The highest BCUT2D eigenvalue weighted by atomic mass is 32.2. The number of rotatable bonds is 4. The predicted molar refractivity (Wildman–Crippen MR) is 79.0 cm³/mol. The number of carbonyl (C=O) groups excluding carboxylic acids is 1. The fourth-order valence-corrected chi connectivity index (χ4v) is 4.07. The maximum Gasteiger partial charge on any atom is 0.220 e. The van der Waals surface area contributed by atoms with Gasteiger partial charge in [0.25, 0.3) is 0 Å². The molecule has 4 nitrogen and oxygen atoms in total. The summed E-state index contributed by atoms with van der Waals surface area (Å²) in [7, 11) is -2.84. The Kier molecular flexibility index (Phi) is 4.81. The summed E-state index contributed by atoms with van der Waals surface area (Å²) in [5, 5.41) is 2.92. The SMILES string of the molecule is Cc1ccccc1CNC(=O)CC1CCS(=O)(=O)CC1. The molecule has 1 heterocycles. The summed E-state index contributed by atoms with van der Waals surface area (Å²) in [6.45, 7) is 2.56. The van der Waals surface area contributed by atoms with Gasteiger partial charge < -0.3 is 5.32 Å². The van der Waals surface area contributed by atoms with Gasteiger partial charge in [-0.15, -0.1) is 0 Å². The fourth-order valence-electron chi connectivity index (χ4n) is 2.48. The highest BCUT2D eigenvalue weighted by Gasteiger charge is 2.25. The highest BCUT2D eigenvalue weighted by Crippen LogP contribution is 2.21. The number of benzene rings is 1. The van der Waals surface area contributed by atoms with E-state index < -0.39 is 9.84 Å². The molecule has 0 atom stereocenters. The second-order valence-corrected chi connectivity index (χ2v) is 7.81. The summed E-state index contributed by atoms with van der Waals surface area (Å²) in [4.78, 5) is 11.9. The molecule has 20 heavy (non-hydrogen) atoms. The topological polar surface area (TPSA) is 63.2 Å². The number of nitrogens with one attached hydrogen (secondary N) is 1. The van der Waals surface area contributed by atoms with Gasteiger partial charge in [0.05, 0.1) is 11.5 Å². The molecule has 1 amide bonds. The van der Waals surface area contributed by atoms with Crippen LogP contribution in [-0.2, 0) is 21.2 Å². The molecule has 1 saturated heterocycles. The van der Waals surface area contributed by atoms with Crippen molar-refractivity contribution >= 4 is 15.7 Å². The summed E-state index contributed by atoms with van der Waals surface area (Å²) in [5.74, 6) is 0.666. The lowest BCUT2D eigenvalue weighted by molar-refractivity contribution is -0.122. The van der Waals surface area contributed by atoms with E-state index in [1.165, 1.54) is 0 Å². The van der Waals surface area contributed by atoms with Crippen molar-refractivity contribution in [3.8, 4) is 0 Å². The molecule has 0 radical (unpaired) electrons. The van der Waals surface area contributed by atoms with E-state index in [1.54, 1.807) is 0 Å². The van der Waals surface area contributed by atoms with Crippen molar-refractivity contribution in [3.05, 3.63) is 35.4 Å².